The second kappa shape index (κ2) is 11.0. The molecule has 0 heterocycles. The van der Waals surface area contributed by atoms with Gasteiger partial charge >= 0.3 is 0 Å². The average molecular weight is 490 g/mol. The maximum atomic E-state index is 12.1. The van der Waals surface area contributed by atoms with Gasteiger partial charge < -0.3 is 20.1 Å². The topological polar surface area (TPSA) is 59.6 Å². The van der Waals surface area contributed by atoms with Gasteiger partial charge in [0.25, 0.3) is 0 Å². The van der Waals surface area contributed by atoms with Gasteiger partial charge in [-0.1, -0.05) is 41.9 Å². The number of carbonyl (C=O) groups excluding carboxylic acids is 1. The van der Waals surface area contributed by atoms with Crippen molar-refractivity contribution < 1.29 is 14.3 Å². The molecule has 0 aliphatic rings. The molecule has 0 saturated heterocycles. The molecule has 1 amide bonds. The second-order valence-corrected chi connectivity index (χ2v) is 7.83. The standard InChI is InChI=1S/C23H22BrClN2O3/c1-29-21-12-17(11-20(24)23(21)30-15-16-5-3-2-4-6-16)13-26-14-22(28)27-19-9-7-18(25)8-10-19/h2-12,26H,13-15H2,1H3,(H,27,28). The summed E-state index contributed by atoms with van der Waals surface area (Å²) in [7, 11) is 1.61. The van der Waals surface area contributed by atoms with Gasteiger partial charge in [0.15, 0.2) is 11.5 Å². The van der Waals surface area contributed by atoms with Crippen LogP contribution in [0.25, 0.3) is 0 Å². The van der Waals surface area contributed by atoms with Crippen molar-refractivity contribution in [1.82, 2.24) is 5.32 Å². The molecule has 0 aromatic heterocycles. The number of methoxy groups -OCH3 is 1. The minimum Gasteiger partial charge on any atom is -0.493 e. The highest BCUT2D eigenvalue weighted by molar-refractivity contribution is 9.10. The van der Waals surface area contributed by atoms with Crippen LogP contribution in [-0.2, 0) is 17.9 Å². The van der Waals surface area contributed by atoms with Crippen LogP contribution < -0.4 is 20.1 Å². The zero-order valence-electron chi connectivity index (χ0n) is 16.5. The fourth-order valence-corrected chi connectivity index (χ4v) is 3.53. The Labute approximate surface area is 189 Å². The fraction of sp³-hybridized carbons (Fsp3) is 0.174. The monoisotopic (exact) mass is 488 g/mol. The van der Waals surface area contributed by atoms with Crippen LogP contribution in [0, 0.1) is 0 Å². The summed E-state index contributed by atoms with van der Waals surface area (Å²) >= 11 is 9.41. The van der Waals surface area contributed by atoms with Gasteiger partial charge in [-0.15, -0.1) is 0 Å². The van der Waals surface area contributed by atoms with Crippen LogP contribution in [0.1, 0.15) is 11.1 Å². The highest BCUT2D eigenvalue weighted by Gasteiger charge is 2.12. The normalized spacial score (nSPS) is 10.5. The van der Waals surface area contributed by atoms with Gasteiger partial charge in [0, 0.05) is 17.3 Å². The van der Waals surface area contributed by atoms with E-state index in [1.807, 2.05) is 42.5 Å². The van der Waals surface area contributed by atoms with E-state index in [2.05, 4.69) is 26.6 Å². The lowest BCUT2D eigenvalue weighted by atomic mass is 10.2. The van der Waals surface area contributed by atoms with Crippen molar-refractivity contribution >= 4 is 39.1 Å². The van der Waals surface area contributed by atoms with E-state index in [0.717, 1.165) is 15.6 Å². The van der Waals surface area contributed by atoms with E-state index in [1.54, 1.807) is 31.4 Å². The van der Waals surface area contributed by atoms with E-state index >= 15 is 0 Å². The third kappa shape index (κ3) is 6.49. The Hall–Kier alpha value is -2.54. The Morgan fingerprint density at radius 1 is 1.03 bits per heavy atom. The van der Waals surface area contributed by atoms with Crippen molar-refractivity contribution in [2.75, 3.05) is 19.0 Å². The van der Waals surface area contributed by atoms with E-state index in [1.165, 1.54) is 0 Å². The molecule has 5 nitrogen and oxygen atoms in total. The summed E-state index contributed by atoms with van der Waals surface area (Å²) < 4.78 is 12.2. The Morgan fingerprint density at radius 3 is 2.47 bits per heavy atom. The molecule has 30 heavy (non-hydrogen) atoms. The van der Waals surface area contributed by atoms with Crippen molar-refractivity contribution in [1.29, 1.82) is 0 Å². The molecule has 156 valence electrons. The first-order valence-electron chi connectivity index (χ1n) is 9.34. The first-order valence-corrected chi connectivity index (χ1v) is 10.5. The van der Waals surface area contributed by atoms with Gasteiger partial charge in [-0.2, -0.15) is 0 Å². The maximum absolute atomic E-state index is 12.1. The molecule has 0 bridgehead atoms. The smallest absolute Gasteiger partial charge is 0.238 e. The number of rotatable bonds is 9. The number of nitrogens with one attached hydrogen (secondary N) is 2. The molecule has 0 aliphatic heterocycles. The summed E-state index contributed by atoms with van der Waals surface area (Å²) in [4.78, 5) is 12.1. The quantitative estimate of drug-likeness (QED) is 0.421. The minimum absolute atomic E-state index is 0.133. The van der Waals surface area contributed by atoms with Crippen molar-refractivity contribution in [3.05, 3.63) is 87.4 Å². The Bertz CT molecular complexity index is 982. The molecule has 0 saturated carbocycles. The highest BCUT2D eigenvalue weighted by Crippen LogP contribution is 2.37. The largest absolute Gasteiger partial charge is 0.493 e. The number of hydrogen-bond acceptors (Lipinski definition) is 4. The zero-order chi connectivity index (χ0) is 21.3. The van der Waals surface area contributed by atoms with Gasteiger partial charge in [-0.25, -0.2) is 0 Å². The highest BCUT2D eigenvalue weighted by atomic mass is 79.9. The number of halogens is 2. The molecular formula is C23H22BrClN2O3. The molecule has 2 N–H and O–H groups in total. The molecule has 0 unspecified atom stereocenters. The second-order valence-electron chi connectivity index (χ2n) is 6.54. The number of amides is 1. The van der Waals surface area contributed by atoms with Gasteiger partial charge in [-0.05, 0) is 63.5 Å². The molecule has 3 aromatic rings. The molecule has 3 rings (SSSR count). The summed E-state index contributed by atoms with van der Waals surface area (Å²) in [5.74, 6) is 1.14. The van der Waals surface area contributed by atoms with E-state index in [4.69, 9.17) is 21.1 Å². The predicted octanol–water partition coefficient (Wildman–Crippen LogP) is 5.42. The van der Waals surface area contributed by atoms with E-state index in [0.29, 0.717) is 35.4 Å². The lowest BCUT2D eigenvalue weighted by Gasteiger charge is -2.15. The van der Waals surface area contributed by atoms with Crippen LogP contribution in [-0.4, -0.2) is 19.6 Å². The summed E-state index contributed by atoms with van der Waals surface area (Å²) in [6, 6.07) is 20.8. The number of hydrogen-bond donors (Lipinski definition) is 2. The minimum atomic E-state index is -0.133. The van der Waals surface area contributed by atoms with Gasteiger partial charge in [0.2, 0.25) is 5.91 Å². The number of anilines is 1. The molecule has 3 aromatic carbocycles. The van der Waals surface area contributed by atoms with Gasteiger partial charge in [-0.3, -0.25) is 4.79 Å². The lowest BCUT2D eigenvalue weighted by molar-refractivity contribution is -0.115. The van der Waals surface area contributed by atoms with E-state index in [9.17, 15) is 4.79 Å². The van der Waals surface area contributed by atoms with Crippen LogP contribution in [0.4, 0.5) is 5.69 Å². The average Bonchev–Trinajstić information content (AvgIpc) is 2.75. The lowest BCUT2D eigenvalue weighted by Crippen LogP contribution is -2.27. The molecule has 0 fully saturated rings. The molecule has 0 atom stereocenters. The third-order valence-corrected chi connectivity index (χ3v) is 5.10. The van der Waals surface area contributed by atoms with Crippen molar-refractivity contribution in [2.45, 2.75) is 13.2 Å². The molecular weight excluding hydrogens is 468 g/mol. The van der Waals surface area contributed by atoms with Crippen LogP contribution in [0.15, 0.2) is 71.2 Å². The summed E-state index contributed by atoms with van der Waals surface area (Å²) in [6.07, 6.45) is 0. The van der Waals surface area contributed by atoms with E-state index in [-0.39, 0.29) is 12.5 Å². The maximum Gasteiger partial charge on any atom is 0.238 e. The first kappa shape index (κ1) is 22.2. The van der Waals surface area contributed by atoms with Gasteiger partial charge in [0.1, 0.15) is 6.61 Å². The van der Waals surface area contributed by atoms with Crippen LogP contribution in [0.2, 0.25) is 5.02 Å². The van der Waals surface area contributed by atoms with Crippen LogP contribution in [0.3, 0.4) is 0 Å². The number of benzene rings is 3. The molecule has 7 heteroatoms. The third-order valence-electron chi connectivity index (χ3n) is 4.26. The fourth-order valence-electron chi connectivity index (χ4n) is 2.80. The molecule has 0 spiro atoms. The summed E-state index contributed by atoms with van der Waals surface area (Å²) in [6.45, 7) is 1.12. The van der Waals surface area contributed by atoms with Crippen molar-refractivity contribution in [3.63, 3.8) is 0 Å². The first-order chi connectivity index (χ1) is 14.5. The number of ether oxygens (including phenoxy) is 2. The Kier molecular flexibility index (Phi) is 8.13. The summed E-state index contributed by atoms with van der Waals surface area (Å²) in [5, 5.41) is 6.58. The number of carbonyl (C=O) groups is 1. The molecule has 0 radical (unpaired) electrons. The van der Waals surface area contributed by atoms with Crippen molar-refractivity contribution in [2.24, 2.45) is 0 Å². The van der Waals surface area contributed by atoms with E-state index < -0.39 is 0 Å². The SMILES string of the molecule is COc1cc(CNCC(=O)Nc2ccc(Cl)cc2)cc(Br)c1OCc1ccccc1. The molecule has 0 aliphatic carbocycles. The summed E-state index contributed by atoms with van der Waals surface area (Å²) in [5.41, 5.74) is 2.74. The zero-order valence-corrected chi connectivity index (χ0v) is 18.8. The van der Waals surface area contributed by atoms with Gasteiger partial charge in [0.05, 0.1) is 18.1 Å². The Balaban J connectivity index is 1.55. The van der Waals surface area contributed by atoms with Crippen LogP contribution >= 0.6 is 27.5 Å². The van der Waals surface area contributed by atoms with Crippen molar-refractivity contribution in [3.8, 4) is 11.5 Å². The van der Waals surface area contributed by atoms with Crippen LogP contribution in [0.5, 0.6) is 11.5 Å². The predicted molar refractivity (Wildman–Crippen MR) is 123 cm³/mol. The Morgan fingerprint density at radius 2 is 1.77 bits per heavy atom.